The molecule has 24 heavy (non-hydrogen) atoms. The van der Waals surface area contributed by atoms with Crippen molar-refractivity contribution in [3.8, 4) is 0 Å². The van der Waals surface area contributed by atoms with Gasteiger partial charge in [0, 0.05) is 40.3 Å². The molecule has 0 atom stereocenters. The van der Waals surface area contributed by atoms with Gasteiger partial charge in [-0.1, -0.05) is 11.6 Å². The van der Waals surface area contributed by atoms with Crippen molar-refractivity contribution in [1.82, 2.24) is 9.80 Å². The molecule has 0 saturated carbocycles. The Balaban J connectivity index is 1.84. The van der Waals surface area contributed by atoms with Crippen molar-refractivity contribution < 1.29 is 19.1 Å². The van der Waals surface area contributed by atoms with E-state index in [9.17, 15) is 14.4 Å². The number of aryl methyl sites for hydroxylation is 1. The summed E-state index contributed by atoms with van der Waals surface area (Å²) in [5, 5.41) is 0. The predicted octanol–water partition coefficient (Wildman–Crippen LogP) is 1.87. The van der Waals surface area contributed by atoms with Crippen molar-refractivity contribution in [2.45, 2.75) is 26.2 Å². The summed E-state index contributed by atoms with van der Waals surface area (Å²) in [7, 11) is 3.38. The molecule has 3 amide bonds. The molecule has 0 aromatic heterocycles. The summed E-state index contributed by atoms with van der Waals surface area (Å²) in [6, 6.07) is 5.26. The summed E-state index contributed by atoms with van der Waals surface area (Å²) in [5.41, 5.74) is 1.86. The standard InChI is InChI=1S/C18H24N2O4/c1-13-7-8-14-15(12-13)18(23)20(17(14)22)10-4-6-16(21)19(2)9-5-11-24-3/h7-8,12H,4-6,9-11H2,1-3H3. The summed E-state index contributed by atoms with van der Waals surface area (Å²) in [5.74, 6) is -0.519. The van der Waals surface area contributed by atoms with Gasteiger partial charge in [0.1, 0.15) is 0 Å². The van der Waals surface area contributed by atoms with E-state index < -0.39 is 0 Å². The highest BCUT2D eigenvalue weighted by Gasteiger charge is 2.34. The quantitative estimate of drug-likeness (QED) is 0.538. The van der Waals surface area contributed by atoms with Crippen molar-refractivity contribution in [3.05, 3.63) is 34.9 Å². The van der Waals surface area contributed by atoms with E-state index in [4.69, 9.17) is 4.74 Å². The molecule has 0 radical (unpaired) electrons. The van der Waals surface area contributed by atoms with Gasteiger partial charge in [0.15, 0.2) is 0 Å². The second-order valence-corrected chi connectivity index (χ2v) is 6.08. The zero-order chi connectivity index (χ0) is 17.7. The highest BCUT2D eigenvalue weighted by Crippen LogP contribution is 2.24. The molecule has 0 bridgehead atoms. The third-order valence-electron chi connectivity index (χ3n) is 4.17. The molecular weight excluding hydrogens is 308 g/mol. The van der Waals surface area contributed by atoms with Crippen molar-refractivity contribution in [2.75, 3.05) is 33.9 Å². The molecule has 0 spiro atoms. The highest BCUT2D eigenvalue weighted by molar-refractivity contribution is 6.21. The van der Waals surface area contributed by atoms with E-state index in [0.29, 0.717) is 37.1 Å². The van der Waals surface area contributed by atoms with Gasteiger partial charge in [-0.15, -0.1) is 0 Å². The Morgan fingerprint density at radius 3 is 2.58 bits per heavy atom. The minimum Gasteiger partial charge on any atom is -0.385 e. The Hall–Kier alpha value is -2.21. The van der Waals surface area contributed by atoms with Crippen LogP contribution in [0.5, 0.6) is 0 Å². The van der Waals surface area contributed by atoms with Crippen LogP contribution in [0, 0.1) is 6.92 Å². The minimum atomic E-state index is -0.268. The van der Waals surface area contributed by atoms with Gasteiger partial charge in [0.25, 0.3) is 11.8 Å². The molecule has 0 saturated heterocycles. The number of nitrogens with zero attached hydrogens (tertiary/aromatic N) is 2. The fourth-order valence-electron chi connectivity index (χ4n) is 2.76. The lowest BCUT2D eigenvalue weighted by Gasteiger charge is -2.18. The summed E-state index contributed by atoms with van der Waals surface area (Å²) in [6.45, 7) is 3.41. The minimum absolute atomic E-state index is 0.0126. The van der Waals surface area contributed by atoms with E-state index in [-0.39, 0.29) is 24.3 Å². The summed E-state index contributed by atoms with van der Waals surface area (Å²) < 4.78 is 4.96. The van der Waals surface area contributed by atoms with Crippen molar-refractivity contribution in [3.63, 3.8) is 0 Å². The molecule has 6 heteroatoms. The first-order valence-electron chi connectivity index (χ1n) is 8.15. The Kier molecular flexibility index (Phi) is 6.09. The van der Waals surface area contributed by atoms with E-state index in [1.54, 1.807) is 31.2 Å². The van der Waals surface area contributed by atoms with E-state index in [1.165, 1.54) is 4.90 Å². The number of fused-ring (bicyclic) bond motifs is 1. The summed E-state index contributed by atoms with van der Waals surface area (Å²) in [6.07, 6.45) is 1.57. The molecule has 2 rings (SSSR count). The lowest BCUT2D eigenvalue weighted by Crippen LogP contribution is -2.33. The molecule has 6 nitrogen and oxygen atoms in total. The van der Waals surface area contributed by atoms with Gasteiger partial charge in [-0.25, -0.2) is 0 Å². The van der Waals surface area contributed by atoms with Gasteiger partial charge >= 0.3 is 0 Å². The summed E-state index contributed by atoms with van der Waals surface area (Å²) >= 11 is 0. The van der Waals surface area contributed by atoms with E-state index in [1.807, 2.05) is 13.0 Å². The number of amides is 3. The van der Waals surface area contributed by atoms with Gasteiger partial charge in [-0.2, -0.15) is 0 Å². The SMILES string of the molecule is COCCCN(C)C(=O)CCCN1C(=O)c2ccc(C)cc2C1=O. The van der Waals surface area contributed by atoms with Crippen LogP contribution in [0.25, 0.3) is 0 Å². The van der Waals surface area contributed by atoms with Crippen molar-refractivity contribution in [2.24, 2.45) is 0 Å². The first-order valence-corrected chi connectivity index (χ1v) is 8.15. The maximum atomic E-state index is 12.3. The second kappa shape index (κ2) is 8.06. The predicted molar refractivity (Wildman–Crippen MR) is 89.9 cm³/mol. The highest BCUT2D eigenvalue weighted by atomic mass is 16.5. The number of methoxy groups -OCH3 is 1. The number of carbonyl (C=O) groups excluding carboxylic acids is 3. The topological polar surface area (TPSA) is 66.9 Å². The van der Waals surface area contributed by atoms with Crippen LogP contribution in [0.15, 0.2) is 18.2 Å². The maximum absolute atomic E-state index is 12.3. The molecule has 0 fully saturated rings. The van der Waals surface area contributed by atoms with E-state index >= 15 is 0 Å². The smallest absolute Gasteiger partial charge is 0.261 e. The molecule has 1 aliphatic heterocycles. The number of benzene rings is 1. The fraction of sp³-hybridized carbons (Fsp3) is 0.500. The van der Waals surface area contributed by atoms with Crippen LogP contribution in [0.2, 0.25) is 0 Å². The monoisotopic (exact) mass is 332 g/mol. The molecule has 0 N–H and O–H groups in total. The van der Waals surface area contributed by atoms with Crippen LogP contribution in [0.1, 0.15) is 45.5 Å². The molecule has 1 aromatic rings. The van der Waals surface area contributed by atoms with Crippen LogP contribution in [0.3, 0.4) is 0 Å². The van der Waals surface area contributed by atoms with Crippen LogP contribution < -0.4 is 0 Å². The zero-order valence-electron chi connectivity index (χ0n) is 14.5. The van der Waals surface area contributed by atoms with Crippen LogP contribution >= 0.6 is 0 Å². The molecular formula is C18H24N2O4. The zero-order valence-corrected chi connectivity index (χ0v) is 14.5. The number of carbonyl (C=O) groups is 3. The van der Waals surface area contributed by atoms with E-state index in [2.05, 4.69) is 0 Å². The van der Waals surface area contributed by atoms with Crippen LogP contribution in [-0.2, 0) is 9.53 Å². The third-order valence-corrected chi connectivity index (χ3v) is 4.17. The molecule has 0 aliphatic carbocycles. The lowest BCUT2D eigenvalue weighted by atomic mass is 10.1. The lowest BCUT2D eigenvalue weighted by molar-refractivity contribution is -0.130. The first-order chi connectivity index (χ1) is 11.5. The maximum Gasteiger partial charge on any atom is 0.261 e. The third kappa shape index (κ3) is 4.00. The molecule has 0 unspecified atom stereocenters. The normalized spacial score (nSPS) is 13.4. The Bertz CT molecular complexity index is 642. The van der Waals surface area contributed by atoms with Crippen LogP contribution in [0.4, 0.5) is 0 Å². The number of hydrogen-bond acceptors (Lipinski definition) is 4. The van der Waals surface area contributed by atoms with Gasteiger partial charge in [-0.3, -0.25) is 19.3 Å². The number of rotatable bonds is 8. The van der Waals surface area contributed by atoms with Gasteiger partial charge < -0.3 is 9.64 Å². The second-order valence-electron chi connectivity index (χ2n) is 6.08. The van der Waals surface area contributed by atoms with Crippen LogP contribution in [-0.4, -0.2) is 61.4 Å². The Morgan fingerprint density at radius 2 is 1.88 bits per heavy atom. The average molecular weight is 332 g/mol. The van der Waals surface area contributed by atoms with Gasteiger partial charge in [0.2, 0.25) is 5.91 Å². The van der Waals surface area contributed by atoms with Gasteiger partial charge in [0.05, 0.1) is 11.1 Å². The van der Waals surface area contributed by atoms with Crippen molar-refractivity contribution >= 4 is 17.7 Å². The van der Waals surface area contributed by atoms with Crippen molar-refractivity contribution in [1.29, 1.82) is 0 Å². The summed E-state index contributed by atoms with van der Waals surface area (Å²) in [4.78, 5) is 39.6. The molecule has 1 aromatic carbocycles. The fourth-order valence-corrected chi connectivity index (χ4v) is 2.76. The largest absolute Gasteiger partial charge is 0.385 e. The molecule has 1 aliphatic rings. The molecule has 1 heterocycles. The Labute approximate surface area is 142 Å². The first kappa shape index (κ1) is 18.1. The van der Waals surface area contributed by atoms with E-state index in [0.717, 1.165) is 12.0 Å². The molecule has 130 valence electrons. The van der Waals surface area contributed by atoms with Gasteiger partial charge in [-0.05, 0) is 31.9 Å². The number of hydrogen-bond donors (Lipinski definition) is 0. The Morgan fingerprint density at radius 1 is 1.17 bits per heavy atom. The average Bonchev–Trinajstić information content (AvgIpc) is 2.79. The number of ether oxygens (including phenoxy) is 1. The number of imide groups is 1.